The van der Waals surface area contributed by atoms with E-state index in [2.05, 4.69) is 20.6 Å². The summed E-state index contributed by atoms with van der Waals surface area (Å²) in [7, 11) is -1.55. The number of hydrogen-bond donors (Lipinski definition) is 2. The average molecular weight is 486 g/mol. The molecule has 0 unspecified atom stereocenters. The van der Waals surface area contributed by atoms with Crippen LogP contribution in [-0.2, 0) is 22.4 Å². The largest absolute Gasteiger partial charge is 0.434 e. The molecule has 0 amide bonds. The molecule has 0 aliphatic heterocycles. The van der Waals surface area contributed by atoms with Gasteiger partial charge < -0.3 is 10.6 Å². The van der Waals surface area contributed by atoms with E-state index in [1.807, 2.05) is 0 Å². The highest BCUT2D eigenvalue weighted by Gasteiger charge is 2.33. The fourth-order valence-electron chi connectivity index (χ4n) is 1.42. The molecule has 134 valence electrons. The topological polar surface area (TPSA) is 83.4 Å². The van der Waals surface area contributed by atoms with Crippen LogP contribution in [0, 0.1) is 0 Å². The summed E-state index contributed by atoms with van der Waals surface area (Å²) in [5.41, 5.74) is -0.886. The Kier molecular flexibility index (Phi) is 9.35. The first-order chi connectivity index (χ1) is 10.1. The zero-order valence-corrected chi connectivity index (χ0v) is 16.4. The number of sulfone groups is 1. The Morgan fingerprint density at radius 2 is 1.96 bits per heavy atom. The Hall–Kier alpha value is -0.630. The Bertz CT molecular complexity index is 617. The zero-order valence-electron chi connectivity index (χ0n) is 12.5. The minimum atomic E-state index is -4.43. The van der Waals surface area contributed by atoms with Gasteiger partial charge in [-0.2, -0.15) is 13.2 Å². The summed E-state index contributed by atoms with van der Waals surface area (Å²) >= 11 is 0.946. The standard InChI is InChI=1S/C11H17F3N4O2S2.HI/c1-15-10(17-5-6-22(2,19)20)16-4-3-9-18-8(7-21-9)11(12,13)14;/h7H,3-6H2,1-2H3,(H2,15,16,17);1H. The molecule has 0 aliphatic rings. The van der Waals surface area contributed by atoms with E-state index in [1.54, 1.807) is 0 Å². The Labute approximate surface area is 153 Å². The fraction of sp³-hybridized carbons (Fsp3) is 0.636. The van der Waals surface area contributed by atoms with Crippen molar-refractivity contribution in [2.24, 2.45) is 4.99 Å². The average Bonchev–Trinajstić information content (AvgIpc) is 2.84. The normalized spacial score (nSPS) is 12.7. The number of rotatable bonds is 6. The summed E-state index contributed by atoms with van der Waals surface area (Å²) < 4.78 is 59.1. The maximum Gasteiger partial charge on any atom is 0.434 e. The van der Waals surface area contributed by atoms with Crippen molar-refractivity contribution < 1.29 is 21.6 Å². The third kappa shape index (κ3) is 9.30. The minimum Gasteiger partial charge on any atom is -0.356 e. The molecule has 0 spiro atoms. The van der Waals surface area contributed by atoms with E-state index in [0.29, 0.717) is 23.9 Å². The summed E-state index contributed by atoms with van der Waals surface area (Å²) in [6.07, 6.45) is -2.98. The SMILES string of the molecule is CN=C(NCCc1nc(C(F)(F)F)cs1)NCCS(C)(=O)=O.I. The third-order valence-electron chi connectivity index (χ3n) is 2.46. The second kappa shape index (κ2) is 9.61. The zero-order chi connectivity index (χ0) is 16.8. The first kappa shape index (κ1) is 22.4. The number of halogens is 4. The van der Waals surface area contributed by atoms with Crippen molar-refractivity contribution in [1.29, 1.82) is 0 Å². The van der Waals surface area contributed by atoms with E-state index < -0.39 is 21.7 Å². The summed E-state index contributed by atoms with van der Waals surface area (Å²) in [5.74, 6) is 0.353. The molecular formula is C11H18F3IN4O2S2. The van der Waals surface area contributed by atoms with Crippen molar-refractivity contribution in [3.8, 4) is 0 Å². The maximum atomic E-state index is 12.4. The van der Waals surface area contributed by atoms with Gasteiger partial charge in [-0.25, -0.2) is 13.4 Å². The number of aliphatic imine (C=N–C) groups is 1. The van der Waals surface area contributed by atoms with Gasteiger partial charge in [0.2, 0.25) is 0 Å². The molecule has 1 rings (SSSR count). The number of thiazole rings is 1. The van der Waals surface area contributed by atoms with Crippen molar-refractivity contribution in [2.75, 3.05) is 32.1 Å². The lowest BCUT2D eigenvalue weighted by atomic mass is 10.4. The first-order valence-corrected chi connectivity index (χ1v) is 9.19. The molecule has 0 saturated heterocycles. The van der Waals surface area contributed by atoms with Crippen LogP contribution >= 0.6 is 35.3 Å². The maximum absolute atomic E-state index is 12.4. The van der Waals surface area contributed by atoms with Gasteiger partial charge in [-0.1, -0.05) is 0 Å². The second-order valence-electron chi connectivity index (χ2n) is 4.43. The Balaban J connectivity index is 0.00000484. The molecule has 1 heterocycles. The van der Waals surface area contributed by atoms with Crippen LogP contribution < -0.4 is 10.6 Å². The Morgan fingerprint density at radius 1 is 1.35 bits per heavy atom. The molecule has 0 radical (unpaired) electrons. The van der Waals surface area contributed by atoms with Crippen molar-refractivity contribution in [1.82, 2.24) is 15.6 Å². The van der Waals surface area contributed by atoms with E-state index in [9.17, 15) is 21.6 Å². The smallest absolute Gasteiger partial charge is 0.356 e. The molecule has 2 N–H and O–H groups in total. The van der Waals surface area contributed by atoms with Crippen LogP contribution in [0.25, 0.3) is 0 Å². The summed E-state index contributed by atoms with van der Waals surface area (Å²) in [4.78, 5) is 7.40. The molecule has 0 aromatic carbocycles. The molecule has 12 heteroatoms. The van der Waals surface area contributed by atoms with Crippen LogP contribution in [-0.4, -0.2) is 51.5 Å². The minimum absolute atomic E-state index is 0. The lowest BCUT2D eigenvalue weighted by molar-refractivity contribution is -0.140. The van der Waals surface area contributed by atoms with Gasteiger partial charge in [0.05, 0.1) is 10.8 Å². The van der Waals surface area contributed by atoms with Crippen molar-refractivity contribution in [2.45, 2.75) is 12.6 Å². The van der Waals surface area contributed by atoms with Crippen LogP contribution in [0.1, 0.15) is 10.7 Å². The van der Waals surface area contributed by atoms with E-state index in [1.165, 1.54) is 7.05 Å². The lowest BCUT2D eigenvalue weighted by Crippen LogP contribution is -2.40. The van der Waals surface area contributed by atoms with Gasteiger partial charge in [-0.05, 0) is 0 Å². The number of hydrogen-bond acceptors (Lipinski definition) is 5. The van der Waals surface area contributed by atoms with Crippen molar-refractivity contribution in [3.63, 3.8) is 0 Å². The van der Waals surface area contributed by atoms with Gasteiger partial charge in [0.25, 0.3) is 0 Å². The molecule has 0 aliphatic carbocycles. The fourth-order valence-corrected chi connectivity index (χ4v) is 2.70. The molecule has 1 aromatic heterocycles. The van der Waals surface area contributed by atoms with Gasteiger partial charge in [0, 0.05) is 38.2 Å². The first-order valence-electron chi connectivity index (χ1n) is 6.25. The monoisotopic (exact) mass is 486 g/mol. The van der Waals surface area contributed by atoms with Crippen molar-refractivity contribution in [3.05, 3.63) is 16.1 Å². The van der Waals surface area contributed by atoms with Gasteiger partial charge in [0.1, 0.15) is 9.84 Å². The molecule has 23 heavy (non-hydrogen) atoms. The van der Waals surface area contributed by atoms with Crippen LogP contribution in [0.5, 0.6) is 0 Å². The van der Waals surface area contributed by atoms with Crippen LogP contribution in [0.2, 0.25) is 0 Å². The van der Waals surface area contributed by atoms with E-state index in [4.69, 9.17) is 0 Å². The molecule has 1 aromatic rings. The lowest BCUT2D eigenvalue weighted by Gasteiger charge is -2.10. The predicted octanol–water partition coefficient (Wildman–Crippen LogP) is 1.53. The highest BCUT2D eigenvalue weighted by atomic mass is 127. The number of aromatic nitrogens is 1. The van der Waals surface area contributed by atoms with E-state index >= 15 is 0 Å². The third-order valence-corrected chi connectivity index (χ3v) is 4.32. The van der Waals surface area contributed by atoms with E-state index in [-0.39, 0.29) is 36.3 Å². The molecular weight excluding hydrogens is 468 g/mol. The van der Waals surface area contributed by atoms with E-state index in [0.717, 1.165) is 23.0 Å². The number of nitrogens with zero attached hydrogens (tertiary/aromatic N) is 2. The second-order valence-corrected chi connectivity index (χ2v) is 7.63. The highest BCUT2D eigenvalue weighted by Crippen LogP contribution is 2.29. The summed E-state index contributed by atoms with van der Waals surface area (Å²) in [6, 6.07) is 0. The number of alkyl halides is 3. The quantitative estimate of drug-likeness (QED) is 0.362. The van der Waals surface area contributed by atoms with Gasteiger partial charge in [0.15, 0.2) is 11.7 Å². The number of guanidine groups is 1. The molecule has 0 bridgehead atoms. The molecule has 0 saturated carbocycles. The Morgan fingerprint density at radius 3 is 2.43 bits per heavy atom. The van der Waals surface area contributed by atoms with Gasteiger partial charge in [-0.15, -0.1) is 35.3 Å². The van der Waals surface area contributed by atoms with Crippen LogP contribution in [0.4, 0.5) is 13.2 Å². The summed E-state index contributed by atoms with van der Waals surface area (Å²) in [6.45, 7) is 0.539. The summed E-state index contributed by atoms with van der Waals surface area (Å²) in [5, 5.41) is 7.03. The molecule has 0 atom stereocenters. The number of nitrogens with one attached hydrogen (secondary N) is 2. The van der Waals surface area contributed by atoms with Gasteiger partial charge >= 0.3 is 6.18 Å². The predicted molar refractivity (Wildman–Crippen MR) is 95.3 cm³/mol. The van der Waals surface area contributed by atoms with Crippen LogP contribution in [0.3, 0.4) is 0 Å². The molecule has 6 nitrogen and oxygen atoms in total. The highest BCUT2D eigenvalue weighted by molar-refractivity contribution is 14.0. The van der Waals surface area contributed by atoms with Gasteiger partial charge in [-0.3, -0.25) is 4.99 Å². The van der Waals surface area contributed by atoms with Crippen molar-refractivity contribution >= 4 is 51.1 Å². The molecule has 0 fully saturated rings. The van der Waals surface area contributed by atoms with Crippen LogP contribution in [0.15, 0.2) is 10.4 Å².